The highest BCUT2D eigenvalue weighted by Crippen LogP contribution is 2.38. The van der Waals surface area contributed by atoms with Crippen molar-refractivity contribution in [3.8, 4) is 0 Å². The Kier molecular flexibility index (Phi) is 6.56. The Bertz CT molecular complexity index is 1040. The Hall–Kier alpha value is -2.36. The zero-order valence-electron chi connectivity index (χ0n) is 20.6. The maximum absolute atomic E-state index is 15.2. The highest BCUT2D eigenvalue weighted by molar-refractivity contribution is 6.05. The van der Waals surface area contributed by atoms with Crippen molar-refractivity contribution < 1.29 is 23.5 Å². The van der Waals surface area contributed by atoms with Crippen LogP contribution < -0.4 is 10.6 Å². The monoisotopic (exact) mass is 498 g/mol. The average Bonchev–Trinajstić information content (AvgIpc) is 3.16. The topological polar surface area (TPSA) is 91.0 Å². The Balaban J connectivity index is 1.04. The van der Waals surface area contributed by atoms with Crippen LogP contribution in [0, 0.1) is 5.82 Å². The Morgan fingerprint density at radius 2 is 1.69 bits per heavy atom. The van der Waals surface area contributed by atoms with Gasteiger partial charge in [-0.05, 0) is 94.2 Å². The molecule has 4 fully saturated rings. The van der Waals surface area contributed by atoms with Gasteiger partial charge in [-0.2, -0.15) is 0 Å². The fourth-order valence-corrected chi connectivity index (χ4v) is 6.65. The van der Waals surface area contributed by atoms with E-state index >= 15 is 4.39 Å². The zero-order valence-corrected chi connectivity index (χ0v) is 20.6. The molecule has 1 aromatic carbocycles. The van der Waals surface area contributed by atoms with Crippen LogP contribution in [0.3, 0.4) is 0 Å². The normalized spacial score (nSPS) is 30.3. The second-order valence-electron chi connectivity index (χ2n) is 11.1. The molecule has 194 valence electrons. The maximum atomic E-state index is 15.2. The molecule has 0 radical (unpaired) electrons. The molecule has 0 bridgehead atoms. The third kappa shape index (κ3) is 4.57. The number of hydrogen-bond donors (Lipinski definition) is 2. The maximum Gasteiger partial charge on any atom is 0.255 e. The van der Waals surface area contributed by atoms with Crippen LogP contribution in [0.15, 0.2) is 12.1 Å². The van der Waals surface area contributed by atoms with E-state index < -0.39 is 11.9 Å². The molecule has 2 N–H and O–H groups in total. The van der Waals surface area contributed by atoms with Crippen molar-refractivity contribution in [2.24, 2.45) is 0 Å². The molecule has 3 saturated heterocycles. The molecule has 6 rings (SSSR count). The molecular weight excluding hydrogens is 463 g/mol. The minimum absolute atomic E-state index is 0.133. The molecule has 9 heteroatoms. The summed E-state index contributed by atoms with van der Waals surface area (Å²) in [4.78, 5) is 40.7. The van der Waals surface area contributed by atoms with Gasteiger partial charge < -0.3 is 19.9 Å². The molecule has 4 heterocycles. The number of rotatable bonds is 5. The lowest BCUT2D eigenvalue weighted by Crippen LogP contribution is -2.52. The van der Waals surface area contributed by atoms with Gasteiger partial charge in [0, 0.05) is 24.6 Å². The SMILES string of the molecule is O=C1CCC(N2Cc3cc(C4CCN([C@H]5C[C@H](OC6CCNCC6)C5)CC4)c(F)cc3C2=O)C(=O)N1. The Morgan fingerprint density at radius 3 is 2.42 bits per heavy atom. The van der Waals surface area contributed by atoms with Gasteiger partial charge in [-0.3, -0.25) is 19.7 Å². The van der Waals surface area contributed by atoms with Gasteiger partial charge in [0.05, 0.1) is 12.2 Å². The van der Waals surface area contributed by atoms with Gasteiger partial charge in [-0.15, -0.1) is 0 Å². The van der Waals surface area contributed by atoms with E-state index in [0.717, 1.165) is 70.3 Å². The molecule has 0 spiro atoms. The van der Waals surface area contributed by atoms with E-state index in [-0.39, 0.29) is 36.5 Å². The first-order valence-corrected chi connectivity index (χ1v) is 13.5. The van der Waals surface area contributed by atoms with Gasteiger partial charge in [-0.1, -0.05) is 6.07 Å². The summed E-state index contributed by atoms with van der Waals surface area (Å²) < 4.78 is 21.5. The first-order chi connectivity index (χ1) is 17.5. The van der Waals surface area contributed by atoms with Gasteiger partial charge in [0.2, 0.25) is 11.8 Å². The summed E-state index contributed by atoms with van der Waals surface area (Å²) in [6.45, 7) is 4.29. The minimum atomic E-state index is -0.678. The number of hydrogen-bond acceptors (Lipinski definition) is 6. The number of carbonyl (C=O) groups excluding carboxylic acids is 3. The largest absolute Gasteiger partial charge is 0.375 e. The second-order valence-corrected chi connectivity index (χ2v) is 11.1. The second kappa shape index (κ2) is 9.84. The van der Waals surface area contributed by atoms with E-state index in [1.54, 1.807) is 0 Å². The van der Waals surface area contributed by atoms with Crippen molar-refractivity contribution in [2.45, 2.75) is 88.1 Å². The van der Waals surface area contributed by atoms with Crippen molar-refractivity contribution in [3.63, 3.8) is 0 Å². The first-order valence-electron chi connectivity index (χ1n) is 13.5. The van der Waals surface area contributed by atoms with E-state index in [1.807, 2.05) is 6.07 Å². The van der Waals surface area contributed by atoms with Crippen LogP contribution in [0.4, 0.5) is 4.39 Å². The predicted molar refractivity (Wildman–Crippen MR) is 130 cm³/mol. The third-order valence-electron chi connectivity index (χ3n) is 8.87. The highest BCUT2D eigenvalue weighted by atomic mass is 19.1. The quantitative estimate of drug-likeness (QED) is 0.604. The first kappa shape index (κ1) is 24.0. The smallest absolute Gasteiger partial charge is 0.255 e. The molecule has 1 aromatic rings. The van der Waals surface area contributed by atoms with Crippen molar-refractivity contribution in [1.29, 1.82) is 0 Å². The Labute approximate surface area is 210 Å². The summed E-state index contributed by atoms with van der Waals surface area (Å²) >= 11 is 0. The van der Waals surface area contributed by atoms with Gasteiger partial charge in [0.1, 0.15) is 11.9 Å². The molecule has 1 unspecified atom stereocenters. The average molecular weight is 499 g/mol. The van der Waals surface area contributed by atoms with Gasteiger partial charge in [0.25, 0.3) is 5.91 Å². The van der Waals surface area contributed by atoms with Crippen molar-refractivity contribution in [1.82, 2.24) is 20.4 Å². The molecule has 3 amide bonds. The molecule has 0 aromatic heterocycles. The summed E-state index contributed by atoms with van der Waals surface area (Å²) in [6.07, 6.45) is 7.52. The van der Waals surface area contributed by atoms with Crippen LogP contribution in [0.25, 0.3) is 0 Å². The lowest BCUT2D eigenvalue weighted by molar-refractivity contribution is -0.136. The van der Waals surface area contributed by atoms with E-state index in [0.29, 0.717) is 35.8 Å². The van der Waals surface area contributed by atoms with Crippen LogP contribution in [0.2, 0.25) is 0 Å². The van der Waals surface area contributed by atoms with Crippen LogP contribution in [-0.4, -0.2) is 78.0 Å². The number of halogens is 1. The molecule has 36 heavy (non-hydrogen) atoms. The molecule has 1 aliphatic carbocycles. The summed E-state index contributed by atoms with van der Waals surface area (Å²) in [6, 6.07) is 3.10. The van der Waals surface area contributed by atoms with E-state index in [4.69, 9.17) is 4.74 Å². The molecule has 1 atom stereocenters. The van der Waals surface area contributed by atoms with Crippen LogP contribution in [-0.2, 0) is 20.9 Å². The van der Waals surface area contributed by atoms with E-state index in [9.17, 15) is 14.4 Å². The highest BCUT2D eigenvalue weighted by Gasteiger charge is 2.41. The van der Waals surface area contributed by atoms with Gasteiger partial charge in [0.15, 0.2) is 0 Å². The zero-order chi connectivity index (χ0) is 24.8. The molecule has 1 saturated carbocycles. The summed E-state index contributed by atoms with van der Waals surface area (Å²) in [5.41, 5.74) is 1.81. The third-order valence-corrected chi connectivity index (χ3v) is 8.87. The van der Waals surface area contributed by atoms with Gasteiger partial charge >= 0.3 is 0 Å². The van der Waals surface area contributed by atoms with Crippen LogP contribution >= 0.6 is 0 Å². The molecule has 8 nitrogen and oxygen atoms in total. The number of fused-ring (bicyclic) bond motifs is 1. The van der Waals surface area contributed by atoms with Crippen LogP contribution in [0.1, 0.15) is 78.8 Å². The van der Waals surface area contributed by atoms with Crippen molar-refractivity contribution in [2.75, 3.05) is 26.2 Å². The fraction of sp³-hybridized carbons (Fsp3) is 0.667. The number of piperidine rings is 3. The van der Waals surface area contributed by atoms with Crippen molar-refractivity contribution in [3.05, 3.63) is 34.6 Å². The van der Waals surface area contributed by atoms with Gasteiger partial charge in [-0.25, -0.2) is 4.39 Å². The minimum Gasteiger partial charge on any atom is -0.375 e. The summed E-state index contributed by atoms with van der Waals surface area (Å²) in [5, 5.41) is 5.69. The predicted octanol–water partition coefficient (Wildman–Crippen LogP) is 2.07. The van der Waals surface area contributed by atoms with Crippen molar-refractivity contribution >= 4 is 17.7 Å². The van der Waals surface area contributed by atoms with E-state index in [1.165, 1.54) is 11.0 Å². The molecule has 4 aliphatic heterocycles. The fourth-order valence-electron chi connectivity index (χ4n) is 6.65. The number of amides is 3. The number of carbonyl (C=O) groups is 3. The molecular formula is C27H35FN4O4. The number of benzene rings is 1. The number of nitrogens with zero attached hydrogens (tertiary/aromatic N) is 2. The number of likely N-dealkylation sites (tertiary alicyclic amines) is 1. The number of imide groups is 1. The number of ether oxygens (including phenoxy) is 1. The standard InChI is InChI=1S/C27H35FN4O4/c28-23-14-22-17(15-32(27(22)35)24-1-2-25(33)30-26(24)34)11-21(23)16-5-9-31(10-6-16)18-12-20(13-18)36-19-3-7-29-8-4-19/h11,14,16,18-20,24,29H,1-10,12-13,15H2,(H,30,33,34)/t18-,20-,24?. The summed E-state index contributed by atoms with van der Waals surface area (Å²) in [5.74, 6) is -1.28. The number of nitrogens with one attached hydrogen (secondary N) is 2. The molecule has 5 aliphatic rings. The van der Waals surface area contributed by atoms with Crippen LogP contribution in [0.5, 0.6) is 0 Å². The lowest BCUT2D eigenvalue weighted by atomic mass is 9.83. The Morgan fingerprint density at radius 1 is 0.944 bits per heavy atom. The lowest BCUT2D eigenvalue weighted by Gasteiger charge is -2.46. The van der Waals surface area contributed by atoms with E-state index in [2.05, 4.69) is 15.5 Å². The summed E-state index contributed by atoms with van der Waals surface area (Å²) in [7, 11) is 0.